The van der Waals surface area contributed by atoms with Crippen LogP contribution in [0.2, 0.25) is 39.3 Å². The van der Waals surface area contributed by atoms with Gasteiger partial charge in [0.2, 0.25) is 0 Å². The second kappa shape index (κ2) is 9.29. The maximum absolute atomic E-state index is 2.58. The Morgan fingerprint density at radius 2 is 0.667 bits per heavy atom. The van der Waals surface area contributed by atoms with Gasteiger partial charge >= 0.3 is 0 Å². The fraction of sp³-hybridized carbons (Fsp3) is 1.00. The highest BCUT2D eigenvalue weighted by atomic mass is 28.3. The standard InChI is InChI=1S/2C7H19NSi/c2*1-6-8(7-2)9(3,4)5/h2*6-7H2,1-5H3. The topological polar surface area (TPSA) is 6.48 Å². The molecule has 0 saturated carbocycles. The van der Waals surface area contributed by atoms with E-state index in [1.165, 1.54) is 26.2 Å². The van der Waals surface area contributed by atoms with E-state index in [2.05, 4.69) is 76.1 Å². The summed E-state index contributed by atoms with van der Waals surface area (Å²) in [5.41, 5.74) is 0. The van der Waals surface area contributed by atoms with Crippen LogP contribution in [0.4, 0.5) is 0 Å². The van der Waals surface area contributed by atoms with Crippen LogP contribution in [0, 0.1) is 0 Å². The molecule has 112 valence electrons. The van der Waals surface area contributed by atoms with Gasteiger partial charge in [-0.3, -0.25) is 0 Å². The molecule has 0 aliphatic carbocycles. The van der Waals surface area contributed by atoms with Gasteiger partial charge < -0.3 is 9.13 Å². The number of hydrogen-bond acceptors (Lipinski definition) is 2. The Morgan fingerprint density at radius 1 is 0.500 bits per heavy atom. The second-order valence-corrected chi connectivity index (χ2v) is 16.6. The third-order valence-electron chi connectivity index (χ3n) is 3.42. The molecule has 0 aromatic rings. The molecule has 0 heterocycles. The van der Waals surface area contributed by atoms with Crippen molar-refractivity contribution in [2.24, 2.45) is 0 Å². The molecule has 0 saturated heterocycles. The Hall–Kier alpha value is 0.354. The normalized spacial score (nSPS) is 12.7. The highest BCUT2D eigenvalue weighted by Crippen LogP contribution is 2.07. The minimum absolute atomic E-state index is 0.953. The zero-order valence-corrected chi connectivity index (χ0v) is 16.7. The maximum atomic E-state index is 2.58. The van der Waals surface area contributed by atoms with E-state index in [1.54, 1.807) is 0 Å². The van der Waals surface area contributed by atoms with E-state index in [0.717, 1.165) is 0 Å². The third-order valence-corrected chi connectivity index (χ3v) is 8.48. The summed E-state index contributed by atoms with van der Waals surface area (Å²) < 4.78 is 5.15. The van der Waals surface area contributed by atoms with Gasteiger partial charge in [0, 0.05) is 0 Å². The second-order valence-electron chi connectivity index (χ2n) is 6.69. The number of rotatable bonds is 6. The van der Waals surface area contributed by atoms with Gasteiger partial charge in [-0.15, -0.1) is 0 Å². The molecule has 18 heavy (non-hydrogen) atoms. The molecule has 0 aliphatic heterocycles. The minimum atomic E-state index is -0.953. The van der Waals surface area contributed by atoms with Crippen molar-refractivity contribution in [3.05, 3.63) is 0 Å². The van der Waals surface area contributed by atoms with Crippen LogP contribution in [0.5, 0.6) is 0 Å². The summed E-state index contributed by atoms with van der Waals surface area (Å²) in [7, 11) is -1.91. The summed E-state index contributed by atoms with van der Waals surface area (Å²) in [6, 6.07) is 0. The summed E-state index contributed by atoms with van der Waals surface area (Å²) in [5.74, 6) is 0. The lowest BCUT2D eigenvalue weighted by Gasteiger charge is -2.31. The zero-order chi connectivity index (χ0) is 15.0. The molecular weight excluding hydrogens is 252 g/mol. The van der Waals surface area contributed by atoms with Crippen molar-refractivity contribution in [2.45, 2.75) is 67.0 Å². The smallest absolute Gasteiger partial charge is 0.119 e. The van der Waals surface area contributed by atoms with Gasteiger partial charge in [-0.1, -0.05) is 67.0 Å². The first-order valence-electron chi connectivity index (χ1n) is 7.54. The SMILES string of the molecule is CCN(CC)[Si](C)(C)C.CCN(CC)[Si](C)(C)C. The average molecular weight is 291 g/mol. The van der Waals surface area contributed by atoms with Crippen LogP contribution in [0.3, 0.4) is 0 Å². The Bertz CT molecular complexity index is 165. The molecule has 2 nitrogen and oxygen atoms in total. The van der Waals surface area contributed by atoms with Gasteiger partial charge in [0.15, 0.2) is 0 Å². The lowest BCUT2D eigenvalue weighted by atomic mass is 10.7. The molecule has 0 atom stereocenters. The van der Waals surface area contributed by atoms with Gasteiger partial charge in [0.1, 0.15) is 16.5 Å². The maximum Gasteiger partial charge on any atom is 0.119 e. The van der Waals surface area contributed by atoms with Gasteiger partial charge in [-0.2, -0.15) is 0 Å². The van der Waals surface area contributed by atoms with Crippen LogP contribution in [0.15, 0.2) is 0 Å². The van der Waals surface area contributed by atoms with Crippen LogP contribution >= 0.6 is 0 Å². The van der Waals surface area contributed by atoms with Gasteiger partial charge in [-0.25, -0.2) is 0 Å². The third kappa shape index (κ3) is 9.31. The highest BCUT2D eigenvalue weighted by Gasteiger charge is 2.20. The van der Waals surface area contributed by atoms with Crippen LogP contribution in [0.1, 0.15) is 27.7 Å². The van der Waals surface area contributed by atoms with Gasteiger partial charge in [0.25, 0.3) is 0 Å². The Balaban J connectivity index is 0. The molecule has 0 aromatic heterocycles. The molecular formula is C14H38N2Si2. The molecule has 0 spiro atoms. The summed E-state index contributed by atoms with van der Waals surface area (Å²) in [5, 5.41) is 0. The molecule has 0 amide bonds. The van der Waals surface area contributed by atoms with E-state index < -0.39 is 16.5 Å². The van der Waals surface area contributed by atoms with E-state index >= 15 is 0 Å². The van der Waals surface area contributed by atoms with Crippen molar-refractivity contribution in [1.82, 2.24) is 9.13 Å². The van der Waals surface area contributed by atoms with Crippen molar-refractivity contribution < 1.29 is 0 Å². The minimum Gasteiger partial charge on any atom is -0.324 e. The monoisotopic (exact) mass is 290 g/mol. The van der Waals surface area contributed by atoms with Crippen molar-refractivity contribution >= 4 is 16.5 Å². The first kappa shape index (κ1) is 20.7. The van der Waals surface area contributed by atoms with Gasteiger partial charge in [-0.05, 0) is 26.2 Å². The molecule has 4 heteroatoms. The number of hydrogen-bond donors (Lipinski definition) is 0. The van der Waals surface area contributed by atoms with Crippen molar-refractivity contribution in [2.75, 3.05) is 26.2 Å². The van der Waals surface area contributed by atoms with Crippen LogP contribution < -0.4 is 0 Å². The number of nitrogens with zero attached hydrogens (tertiary/aromatic N) is 2. The summed E-state index contributed by atoms with van der Waals surface area (Å²) in [4.78, 5) is 0. The van der Waals surface area contributed by atoms with E-state index in [9.17, 15) is 0 Å². The largest absolute Gasteiger partial charge is 0.324 e. The van der Waals surface area contributed by atoms with E-state index in [0.29, 0.717) is 0 Å². The first-order chi connectivity index (χ1) is 8.04. The van der Waals surface area contributed by atoms with Crippen LogP contribution in [-0.2, 0) is 0 Å². The molecule has 0 radical (unpaired) electrons. The predicted octanol–water partition coefficient (Wildman–Crippen LogP) is 4.33. The molecule has 0 rings (SSSR count). The van der Waals surface area contributed by atoms with E-state index in [-0.39, 0.29) is 0 Å². The summed E-state index contributed by atoms with van der Waals surface area (Å²) >= 11 is 0. The Labute approximate surface area is 119 Å². The zero-order valence-electron chi connectivity index (χ0n) is 14.7. The quantitative estimate of drug-likeness (QED) is 0.672. The van der Waals surface area contributed by atoms with Gasteiger partial charge in [0.05, 0.1) is 0 Å². The lowest BCUT2D eigenvalue weighted by Crippen LogP contribution is -2.45. The fourth-order valence-electron chi connectivity index (χ4n) is 2.34. The van der Waals surface area contributed by atoms with E-state index in [1.807, 2.05) is 0 Å². The summed E-state index contributed by atoms with van der Waals surface area (Å²) in [6.07, 6.45) is 0. The lowest BCUT2D eigenvalue weighted by molar-refractivity contribution is 0.470. The fourth-order valence-corrected chi connectivity index (χ4v) is 6.14. The Kier molecular flexibility index (Phi) is 10.7. The molecule has 0 fully saturated rings. The predicted molar refractivity (Wildman–Crippen MR) is 92.5 cm³/mol. The average Bonchev–Trinajstić information content (AvgIpc) is 2.17. The molecule has 0 aromatic carbocycles. The van der Waals surface area contributed by atoms with Crippen molar-refractivity contribution in [3.8, 4) is 0 Å². The molecule has 0 aliphatic rings. The van der Waals surface area contributed by atoms with Crippen LogP contribution in [0.25, 0.3) is 0 Å². The van der Waals surface area contributed by atoms with Crippen LogP contribution in [-0.4, -0.2) is 51.8 Å². The highest BCUT2D eigenvalue weighted by molar-refractivity contribution is 6.73. The van der Waals surface area contributed by atoms with Crippen molar-refractivity contribution in [3.63, 3.8) is 0 Å². The van der Waals surface area contributed by atoms with Crippen molar-refractivity contribution in [1.29, 1.82) is 0 Å². The van der Waals surface area contributed by atoms with E-state index in [4.69, 9.17) is 0 Å². The Morgan fingerprint density at radius 3 is 0.667 bits per heavy atom. The molecule has 0 unspecified atom stereocenters. The molecule has 0 N–H and O–H groups in total. The molecule has 0 bridgehead atoms. The first-order valence-corrected chi connectivity index (χ1v) is 14.4. The summed E-state index contributed by atoms with van der Waals surface area (Å²) in [6.45, 7) is 28.1.